The van der Waals surface area contributed by atoms with Gasteiger partial charge >= 0.3 is 0 Å². The van der Waals surface area contributed by atoms with Crippen LogP contribution in [0.2, 0.25) is 0 Å². The number of ether oxygens (including phenoxy) is 2. The monoisotopic (exact) mass is 417 g/mol. The molecule has 5 rings (SSSR count). The Morgan fingerprint density at radius 3 is 2.65 bits per heavy atom. The van der Waals surface area contributed by atoms with Crippen LogP contribution in [0.1, 0.15) is 17.0 Å². The van der Waals surface area contributed by atoms with Crippen molar-refractivity contribution in [3.05, 3.63) is 76.1 Å². The van der Waals surface area contributed by atoms with Crippen molar-refractivity contribution >= 4 is 16.9 Å². The Morgan fingerprint density at radius 1 is 1.10 bits per heavy atom. The second-order valence-corrected chi connectivity index (χ2v) is 7.54. The minimum Gasteiger partial charge on any atom is -0.493 e. The van der Waals surface area contributed by atoms with Gasteiger partial charge in [-0.1, -0.05) is 30.3 Å². The van der Waals surface area contributed by atoms with Gasteiger partial charge in [0.05, 0.1) is 43.7 Å². The van der Waals surface area contributed by atoms with Gasteiger partial charge in [-0.2, -0.15) is 4.98 Å². The zero-order valence-electron chi connectivity index (χ0n) is 17.5. The van der Waals surface area contributed by atoms with E-state index >= 15 is 0 Å². The number of nitrogens with one attached hydrogen (secondary N) is 1. The summed E-state index contributed by atoms with van der Waals surface area (Å²) in [6.45, 7) is 2.14. The van der Waals surface area contributed by atoms with Crippen LogP contribution < -0.4 is 19.9 Å². The molecule has 158 valence electrons. The van der Waals surface area contributed by atoms with Crippen molar-refractivity contribution in [3.63, 3.8) is 0 Å². The van der Waals surface area contributed by atoms with Gasteiger partial charge in [0, 0.05) is 31.3 Å². The van der Waals surface area contributed by atoms with Crippen LogP contribution in [-0.2, 0) is 19.5 Å². The van der Waals surface area contributed by atoms with Crippen LogP contribution in [0.3, 0.4) is 0 Å². The van der Waals surface area contributed by atoms with Crippen LogP contribution >= 0.6 is 0 Å². The zero-order valence-corrected chi connectivity index (χ0v) is 17.5. The number of H-pyrrole nitrogens is 1. The molecule has 2 aromatic carbocycles. The number of nitrogens with zero attached hydrogens (tertiary/aromatic N) is 4. The van der Waals surface area contributed by atoms with E-state index in [-0.39, 0.29) is 5.56 Å². The number of imidazole rings is 1. The first-order chi connectivity index (χ1) is 15.2. The van der Waals surface area contributed by atoms with Gasteiger partial charge < -0.3 is 23.9 Å². The van der Waals surface area contributed by atoms with E-state index in [2.05, 4.69) is 36.6 Å². The topological polar surface area (TPSA) is 85.3 Å². The first-order valence-corrected chi connectivity index (χ1v) is 10.1. The van der Waals surface area contributed by atoms with Gasteiger partial charge in [0.2, 0.25) is 5.95 Å². The minimum atomic E-state index is -0.301. The van der Waals surface area contributed by atoms with Gasteiger partial charge in [-0.25, -0.2) is 4.98 Å². The molecule has 0 atom stereocenters. The van der Waals surface area contributed by atoms with Crippen molar-refractivity contribution in [2.45, 2.75) is 19.5 Å². The molecule has 1 aliphatic rings. The Balaban J connectivity index is 1.44. The van der Waals surface area contributed by atoms with Crippen molar-refractivity contribution < 1.29 is 9.47 Å². The molecule has 0 fully saturated rings. The van der Waals surface area contributed by atoms with Crippen LogP contribution in [0.4, 0.5) is 5.95 Å². The molecule has 0 spiro atoms. The molecule has 0 aliphatic carbocycles. The molecule has 0 radical (unpaired) electrons. The Kier molecular flexibility index (Phi) is 4.82. The Bertz CT molecular complexity index is 1300. The maximum Gasteiger partial charge on any atom is 0.282 e. The standard InChI is InChI=1S/C23H23N5O3/c1-30-20-10-16-17(11-21(20)31-2)25-23(26-22(16)29)27-9-8-19-18(13-27)24-14-28(19)12-15-6-4-3-5-7-15/h3-7,10-11,14H,8-9,12-13H2,1-2H3,(H,25,26,29). The molecule has 8 heteroatoms. The fraction of sp³-hybridized carbons (Fsp3) is 0.261. The second kappa shape index (κ2) is 7.79. The van der Waals surface area contributed by atoms with Gasteiger partial charge in [-0.05, 0) is 11.6 Å². The maximum atomic E-state index is 12.7. The molecule has 0 unspecified atom stereocenters. The predicted octanol–water partition coefficient (Wildman–Crippen LogP) is 2.75. The molecule has 8 nitrogen and oxygen atoms in total. The van der Waals surface area contributed by atoms with Crippen molar-refractivity contribution in [3.8, 4) is 11.5 Å². The Labute approximate surface area is 179 Å². The number of hydrogen-bond donors (Lipinski definition) is 1. The Hall–Kier alpha value is -3.81. The summed E-state index contributed by atoms with van der Waals surface area (Å²) in [4.78, 5) is 26.9. The molecule has 0 amide bonds. The fourth-order valence-corrected chi connectivity index (χ4v) is 4.08. The zero-order chi connectivity index (χ0) is 21.4. The van der Waals surface area contributed by atoms with E-state index in [1.165, 1.54) is 11.3 Å². The molecule has 31 heavy (non-hydrogen) atoms. The number of aromatic nitrogens is 4. The summed E-state index contributed by atoms with van der Waals surface area (Å²) >= 11 is 0. The average Bonchev–Trinajstić information content (AvgIpc) is 3.20. The van der Waals surface area contributed by atoms with E-state index < -0.39 is 0 Å². The first-order valence-electron chi connectivity index (χ1n) is 10.1. The SMILES string of the molecule is COc1cc2[nH]c(N3CCc4c(ncn4Cc4ccccc4)C3)nc(=O)c2cc1OC. The van der Waals surface area contributed by atoms with Gasteiger partial charge in [0.25, 0.3) is 5.56 Å². The Morgan fingerprint density at radius 2 is 1.87 bits per heavy atom. The van der Waals surface area contributed by atoms with Crippen molar-refractivity contribution in [1.82, 2.24) is 19.5 Å². The van der Waals surface area contributed by atoms with Crippen LogP contribution in [0.5, 0.6) is 11.5 Å². The highest BCUT2D eigenvalue weighted by Crippen LogP contribution is 2.31. The second-order valence-electron chi connectivity index (χ2n) is 7.54. The smallest absolute Gasteiger partial charge is 0.282 e. The van der Waals surface area contributed by atoms with Crippen LogP contribution in [0, 0.1) is 0 Å². The third-order valence-corrected chi connectivity index (χ3v) is 5.70. The molecule has 0 saturated heterocycles. The summed E-state index contributed by atoms with van der Waals surface area (Å²) in [7, 11) is 3.11. The van der Waals surface area contributed by atoms with Gasteiger partial charge in [0.1, 0.15) is 0 Å². The lowest BCUT2D eigenvalue weighted by atomic mass is 10.1. The number of anilines is 1. The summed E-state index contributed by atoms with van der Waals surface area (Å²) < 4.78 is 12.9. The quantitative estimate of drug-likeness (QED) is 0.538. The lowest BCUT2D eigenvalue weighted by Gasteiger charge is -2.27. The van der Waals surface area contributed by atoms with Crippen molar-refractivity contribution in [2.24, 2.45) is 0 Å². The number of rotatable bonds is 5. The number of fused-ring (bicyclic) bond motifs is 2. The molecular formula is C23H23N5O3. The van der Waals surface area contributed by atoms with Gasteiger partial charge in [0.15, 0.2) is 11.5 Å². The van der Waals surface area contributed by atoms with Gasteiger partial charge in [-0.15, -0.1) is 0 Å². The summed E-state index contributed by atoms with van der Waals surface area (Å²) in [6, 6.07) is 13.8. The van der Waals surface area contributed by atoms with Crippen LogP contribution in [0.15, 0.2) is 53.6 Å². The number of benzene rings is 2. The lowest BCUT2D eigenvalue weighted by molar-refractivity contribution is 0.355. The normalized spacial score (nSPS) is 13.3. The summed E-state index contributed by atoms with van der Waals surface area (Å²) in [5, 5.41) is 0.464. The van der Waals surface area contributed by atoms with E-state index in [0.29, 0.717) is 34.9 Å². The van der Waals surface area contributed by atoms with Crippen molar-refractivity contribution in [2.75, 3.05) is 25.7 Å². The molecule has 2 aromatic heterocycles. The van der Waals surface area contributed by atoms with Gasteiger partial charge in [-0.3, -0.25) is 4.79 Å². The van der Waals surface area contributed by atoms with E-state index in [9.17, 15) is 4.79 Å². The summed E-state index contributed by atoms with van der Waals surface area (Å²) in [5.74, 6) is 1.60. The molecule has 0 saturated carbocycles. The highest BCUT2D eigenvalue weighted by atomic mass is 16.5. The van der Waals surface area contributed by atoms with Crippen molar-refractivity contribution in [1.29, 1.82) is 0 Å². The lowest BCUT2D eigenvalue weighted by Crippen LogP contribution is -2.34. The third kappa shape index (κ3) is 3.50. The highest BCUT2D eigenvalue weighted by molar-refractivity contribution is 5.82. The van der Waals surface area contributed by atoms with E-state index in [0.717, 1.165) is 25.2 Å². The maximum absolute atomic E-state index is 12.7. The van der Waals surface area contributed by atoms with E-state index in [1.807, 2.05) is 24.5 Å². The molecule has 1 N–H and O–H groups in total. The van der Waals surface area contributed by atoms with E-state index in [1.54, 1.807) is 26.4 Å². The average molecular weight is 417 g/mol. The first kappa shape index (κ1) is 19.2. The molecule has 4 aromatic rings. The highest BCUT2D eigenvalue weighted by Gasteiger charge is 2.23. The molecule has 3 heterocycles. The molecule has 0 bridgehead atoms. The van der Waals surface area contributed by atoms with Crippen LogP contribution in [0.25, 0.3) is 10.9 Å². The fourth-order valence-electron chi connectivity index (χ4n) is 4.08. The minimum absolute atomic E-state index is 0.301. The number of methoxy groups -OCH3 is 2. The summed E-state index contributed by atoms with van der Waals surface area (Å²) in [6.07, 6.45) is 2.73. The molecular weight excluding hydrogens is 394 g/mol. The largest absolute Gasteiger partial charge is 0.493 e. The van der Waals surface area contributed by atoms with E-state index in [4.69, 9.17) is 9.47 Å². The predicted molar refractivity (Wildman–Crippen MR) is 118 cm³/mol. The van der Waals surface area contributed by atoms with Crippen LogP contribution in [-0.4, -0.2) is 40.3 Å². The molecule has 1 aliphatic heterocycles. The number of hydrogen-bond acceptors (Lipinski definition) is 6. The third-order valence-electron chi connectivity index (χ3n) is 5.70. The summed E-state index contributed by atoms with van der Waals surface area (Å²) in [5.41, 5.74) is 3.85. The number of aromatic amines is 1.